The Balaban J connectivity index is 1.57. The van der Waals surface area contributed by atoms with Gasteiger partial charge in [0.2, 0.25) is 0 Å². The Hall–Kier alpha value is -1.92. The summed E-state index contributed by atoms with van der Waals surface area (Å²) in [6, 6.07) is 10.7. The number of hydrogen-bond acceptors (Lipinski definition) is 4. The number of ether oxygens (including phenoxy) is 3. The lowest BCUT2D eigenvalue weighted by molar-refractivity contribution is -0.123. The molecule has 0 unspecified atom stereocenters. The molecule has 0 spiro atoms. The van der Waals surface area contributed by atoms with Gasteiger partial charge in [0.05, 0.1) is 11.1 Å². The molecule has 0 radical (unpaired) electrons. The molecule has 0 aromatic heterocycles. The Bertz CT molecular complexity index is 784. The first-order chi connectivity index (χ1) is 12.0. The summed E-state index contributed by atoms with van der Waals surface area (Å²) < 4.78 is 17.4. The molecule has 1 aliphatic rings. The van der Waals surface area contributed by atoms with Crippen LogP contribution >= 0.6 is 27.5 Å². The molecular formula is C18H17BrClNO4. The molecule has 0 fully saturated rings. The third-order valence-corrected chi connectivity index (χ3v) is 4.49. The highest BCUT2D eigenvalue weighted by Gasteiger charge is 2.16. The maximum absolute atomic E-state index is 12.1. The van der Waals surface area contributed by atoms with E-state index >= 15 is 0 Å². The zero-order chi connectivity index (χ0) is 17.8. The summed E-state index contributed by atoms with van der Waals surface area (Å²) >= 11 is 9.39. The van der Waals surface area contributed by atoms with E-state index in [1.807, 2.05) is 25.1 Å². The van der Waals surface area contributed by atoms with E-state index in [0.29, 0.717) is 29.7 Å². The van der Waals surface area contributed by atoms with Gasteiger partial charge in [0, 0.05) is 4.47 Å². The van der Waals surface area contributed by atoms with Gasteiger partial charge in [-0.05, 0) is 42.8 Å². The minimum Gasteiger partial charge on any atom is -0.486 e. The van der Waals surface area contributed by atoms with Crippen LogP contribution in [0.4, 0.5) is 0 Å². The Kier molecular flexibility index (Phi) is 5.71. The molecule has 3 rings (SSSR count). The number of hydrogen-bond donors (Lipinski definition) is 1. The minimum absolute atomic E-state index is 0.115. The highest BCUT2D eigenvalue weighted by atomic mass is 79.9. The van der Waals surface area contributed by atoms with E-state index in [-0.39, 0.29) is 18.6 Å². The van der Waals surface area contributed by atoms with Gasteiger partial charge in [0.15, 0.2) is 18.1 Å². The van der Waals surface area contributed by atoms with Gasteiger partial charge in [-0.2, -0.15) is 0 Å². The normalized spacial score (nSPS) is 13.9. The topological polar surface area (TPSA) is 56.8 Å². The monoisotopic (exact) mass is 425 g/mol. The van der Waals surface area contributed by atoms with Gasteiger partial charge in [-0.3, -0.25) is 4.79 Å². The third-order valence-electron chi connectivity index (χ3n) is 3.70. The molecule has 1 heterocycles. The molecule has 0 aliphatic carbocycles. The lowest BCUT2D eigenvalue weighted by Gasteiger charge is -2.21. The van der Waals surface area contributed by atoms with Crippen LogP contribution in [-0.4, -0.2) is 25.7 Å². The van der Waals surface area contributed by atoms with Gasteiger partial charge in [-0.15, -0.1) is 0 Å². The third kappa shape index (κ3) is 4.58. The number of benzene rings is 2. The number of carbonyl (C=O) groups is 1. The molecule has 132 valence electrons. The first-order valence-corrected chi connectivity index (χ1v) is 8.97. The van der Waals surface area contributed by atoms with Crippen LogP contribution < -0.4 is 19.5 Å². The van der Waals surface area contributed by atoms with E-state index in [0.717, 1.165) is 15.8 Å². The van der Waals surface area contributed by atoms with Crippen molar-refractivity contribution in [3.63, 3.8) is 0 Å². The van der Waals surface area contributed by atoms with E-state index in [1.54, 1.807) is 18.2 Å². The van der Waals surface area contributed by atoms with Crippen molar-refractivity contribution in [1.29, 1.82) is 0 Å². The maximum atomic E-state index is 12.1. The van der Waals surface area contributed by atoms with Crippen LogP contribution in [-0.2, 0) is 4.79 Å². The number of amides is 1. The Morgan fingerprint density at radius 2 is 2.00 bits per heavy atom. The molecular weight excluding hydrogens is 410 g/mol. The number of rotatable bonds is 5. The van der Waals surface area contributed by atoms with Crippen molar-refractivity contribution in [2.45, 2.75) is 13.0 Å². The Morgan fingerprint density at radius 3 is 2.76 bits per heavy atom. The van der Waals surface area contributed by atoms with Crippen molar-refractivity contribution in [1.82, 2.24) is 5.32 Å². The molecule has 1 amide bonds. The van der Waals surface area contributed by atoms with Crippen LogP contribution in [0.25, 0.3) is 0 Å². The number of nitrogens with one attached hydrogen (secondary N) is 1. The summed E-state index contributed by atoms with van der Waals surface area (Å²) in [5.41, 5.74) is 0.930. The summed E-state index contributed by atoms with van der Waals surface area (Å²) in [6.07, 6.45) is 0. The summed E-state index contributed by atoms with van der Waals surface area (Å²) in [5, 5.41) is 3.34. The number of halogens is 2. The van der Waals surface area contributed by atoms with E-state index in [1.165, 1.54) is 0 Å². The molecule has 7 heteroatoms. The van der Waals surface area contributed by atoms with Crippen LogP contribution in [0.1, 0.15) is 18.5 Å². The lowest BCUT2D eigenvalue weighted by Crippen LogP contribution is -2.31. The molecule has 0 saturated carbocycles. The lowest BCUT2D eigenvalue weighted by atomic mass is 10.1. The van der Waals surface area contributed by atoms with Crippen molar-refractivity contribution < 1.29 is 19.0 Å². The zero-order valence-electron chi connectivity index (χ0n) is 13.6. The van der Waals surface area contributed by atoms with Gasteiger partial charge in [-0.1, -0.05) is 33.6 Å². The molecule has 2 aromatic carbocycles. The predicted molar refractivity (Wildman–Crippen MR) is 98.6 cm³/mol. The predicted octanol–water partition coefficient (Wildman–Crippen LogP) is 4.13. The van der Waals surface area contributed by atoms with E-state index in [4.69, 9.17) is 25.8 Å². The smallest absolute Gasteiger partial charge is 0.258 e. The standard InChI is InChI=1S/C18H17BrClNO4/c1-11(12-2-4-16-17(8-12)24-7-6-23-16)21-18(22)10-25-15-5-3-13(19)9-14(15)20/h2-5,8-9,11H,6-7,10H2,1H3,(H,21,22)/t11-/m1/s1. The molecule has 1 aliphatic heterocycles. The molecule has 5 nitrogen and oxygen atoms in total. The second-order valence-electron chi connectivity index (χ2n) is 5.56. The second-order valence-corrected chi connectivity index (χ2v) is 6.88. The SMILES string of the molecule is C[C@@H](NC(=O)COc1ccc(Br)cc1Cl)c1ccc2c(c1)OCCO2. The van der Waals surface area contributed by atoms with Crippen molar-refractivity contribution >= 4 is 33.4 Å². The van der Waals surface area contributed by atoms with Gasteiger partial charge < -0.3 is 19.5 Å². The molecule has 2 aromatic rings. The van der Waals surface area contributed by atoms with Gasteiger partial charge >= 0.3 is 0 Å². The molecule has 25 heavy (non-hydrogen) atoms. The molecule has 0 bridgehead atoms. The quantitative estimate of drug-likeness (QED) is 0.781. The summed E-state index contributed by atoms with van der Waals surface area (Å²) in [5.74, 6) is 1.65. The van der Waals surface area contributed by atoms with Crippen LogP contribution in [0.2, 0.25) is 5.02 Å². The van der Waals surface area contributed by atoms with Crippen molar-refractivity contribution in [2.75, 3.05) is 19.8 Å². The number of carbonyl (C=O) groups excluding carboxylic acids is 1. The van der Waals surface area contributed by atoms with Crippen LogP contribution in [0.5, 0.6) is 17.2 Å². The fourth-order valence-electron chi connectivity index (χ4n) is 2.43. The highest BCUT2D eigenvalue weighted by Crippen LogP contribution is 2.32. The Labute approximate surface area is 159 Å². The summed E-state index contributed by atoms with van der Waals surface area (Å²) in [4.78, 5) is 12.1. The van der Waals surface area contributed by atoms with Crippen molar-refractivity contribution in [3.8, 4) is 17.2 Å². The fourth-order valence-corrected chi connectivity index (χ4v) is 3.16. The fraction of sp³-hybridized carbons (Fsp3) is 0.278. The molecule has 1 atom stereocenters. The van der Waals surface area contributed by atoms with Gasteiger partial charge in [0.25, 0.3) is 5.91 Å². The summed E-state index contributed by atoms with van der Waals surface area (Å²) in [6.45, 7) is 2.86. The van der Waals surface area contributed by atoms with E-state index in [9.17, 15) is 4.79 Å². The van der Waals surface area contributed by atoms with Gasteiger partial charge in [-0.25, -0.2) is 0 Å². The average molecular weight is 427 g/mol. The number of fused-ring (bicyclic) bond motifs is 1. The Morgan fingerprint density at radius 1 is 1.24 bits per heavy atom. The largest absolute Gasteiger partial charge is 0.486 e. The first-order valence-electron chi connectivity index (χ1n) is 7.79. The van der Waals surface area contributed by atoms with Crippen LogP contribution in [0.3, 0.4) is 0 Å². The van der Waals surface area contributed by atoms with E-state index < -0.39 is 0 Å². The average Bonchev–Trinajstić information content (AvgIpc) is 2.60. The molecule has 1 N–H and O–H groups in total. The highest BCUT2D eigenvalue weighted by molar-refractivity contribution is 9.10. The van der Waals surface area contributed by atoms with Crippen molar-refractivity contribution in [2.24, 2.45) is 0 Å². The van der Waals surface area contributed by atoms with Crippen molar-refractivity contribution in [3.05, 3.63) is 51.5 Å². The zero-order valence-corrected chi connectivity index (χ0v) is 15.9. The summed E-state index contributed by atoms with van der Waals surface area (Å²) in [7, 11) is 0. The minimum atomic E-state index is -0.235. The van der Waals surface area contributed by atoms with E-state index in [2.05, 4.69) is 21.2 Å². The first kappa shape index (κ1) is 17.9. The van der Waals surface area contributed by atoms with Crippen LogP contribution in [0.15, 0.2) is 40.9 Å². The maximum Gasteiger partial charge on any atom is 0.258 e. The second kappa shape index (κ2) is 7.97. The van der Waals surface area contributed by atoms with Gasteiger partial charge in [0.1, 0.15) is 19.0 Å². The van der Waals surface area contributed by atoms with Crippen LogP contribution in [0, 0.1) is 0 Å². The molecule has 0 saturated heterocycles.